The van der Waals surface area contributed by atoms with E-state index in [2.05, 4.69) is 38.7 Å². The van der Waals surface area contributed by atoms with Gasteiger partial charge in [0.25, 0.3) is 5.88 Å². The van der Waals surface area contributed by atoms with E-state index in [4.69, 9.17) is 9.72 Å². The Morgan fingerprint density at radius 1 is 1.23 bits per heavy atom. The predicted molar refractivity (Wildman–Crippen MR) is 168 cm³/mol. The summed E-state index contributed by atoms with van der Waals surface area (Å²) in [6, 6.07) is 12.5. The Morgan fingerprint density at radius 3 is 2.86 bits per heavy atom. The molecule has 0 saturated carbocycles. The summed E-state index contributed by atoms with van der Waals surface area (Å²) in [4.78, 5) is 11.8. The topological polar surface area (TPSA) is 102 Å². The lowest BCUT2D eigenvalue weighted by molar-refractivity contribution is -0.448. The molecule has 3 atom stereocenters. The van der Waals surface area contributed by atoms with Gasteiger partial charge >= 0.3 is 5.69 Å². The van der Waals surface area contributed by atoms with E-state index in [-0.39, 0.29) is 29.6 Å². The predicted octanol–water partition coefficient (Wildman–Crippen LogP) is 6.83. The number of likely N-dealkylation sites (tertiary alicyclic amines) is 1. The van der Waals surface area contributed by atoms with Gasteiger partial charge in [-0.3, -0.25) is 9.88 Å². The van der Waals surface area contributed by atoms with Gasteiger partial charge in [-0.25, -0.2) is 9.37 Å². The number of benzene rings is 2. The van der Waals surface area contributed by atoms with E-state index in [9.17, 15) is 5.26 Å². The van der Waals surface area contributed by atoms with Gasteiger partial charge in [-0.05, 0) is 64.2 Å². The number of nitrogens with zero attached hydrogens (tertiary/aromatic N) is 7. The first kappa shape index (κ1) is 28.4. The molecule has 3 aliphatic heterocycles. The van der Waals surface area contributed by atoms with Crippen LogP contribution < -0.4 is 10.1 Å². The van der Waals surface area contributed by atoms with E-state index in [1.165, 1.54) is 0 Å². The average Bonchev–Trinajstić information content (AvgIpc) is 3.66. The van der Waals surface area contributed by atoms with Crippen LogP contribution in [0.25, 0.3) is 32.8 Å². The van der Waals surface area contributed by atoms with Gasteiger partial charge in [0.15, 0.2) is 5.82 Å². The molecule has 0 radical (unpaired) electrons. The molecule has 0 aliphatic carbocycles. The maximum Gasteiger partial charge on any atom is 0.314 e. The van der Waals surface area contributed by atoms with Crippen LogP contribution in [0.4, 0.5) is 15.8 Å². The van der Waals surface area contributed by atoms with Gasteiger partial charge in [-0.2, -0.15) is 5.26 Å². The summed E-state index contributed by atoms with van der Waals surface area (Å²) in [5.41, 5.74) is 5.24. The lowest BCUT2D eigenvalue weighted by atomic mass is 9.92. The molecule has 7 rings (SSSR count). The molecular formula is C34H36FN8O+. The lowest BCUT2D eigenvalue weighted by Gasteiger charge is -2.26. The van der Waals surface area contributed by atoms with E-state index in [1.54, 1.807) is 0 Å². The molecule has 2 aromatic heterocycles. The summed E-state index contributed by atoms with van der Waals surface area (Å²) in [6.45, 7) is 7.64. The summed E-state index contributed by atoms with van der Waals surface area (Å²) in [5, 5.41) is 24.5. The zero-order valence-corrected chi connectivity index (χ0v) is 25.6. The van der Waals surface area contributed by atoms with Gasteiger partial charge in [-0.15, -0.1) is 0 Å². The molecule has 2 fully saturated rings. The largest absolute Gasteiger partial charge is 0.470 e. The van der Waals surface area contributed by atoms with E-state index >= 15 is 4.39 Å². The highest BCUT2D eigenvalue weighted by Crippen LogP contribution is 2.49. The van der Waals surface area contributed by atoms with Gasteiger partial charge in [0.05, 0.1) is 23.0 Å². The molecule has 3 aliphatic rings. The second-order valence-corrected chi connectivity index (χ2v) is 12.2. The zero-order chi connectivity index (χ0) is 30.5. The molecule has 0 bridgehead atoms. The molecule has 9 nitrogen and oxygen atoms in total. The van der Waals surface area contributed by atoms with Gasteiger partial charge < -0.3 is 10.1 Å². The minimum Gasteiger partial charge on any atom is -0.470 e. The Hall–Kier alpha value is -4.33. The Balaban J connectivity index is 1.46. The first-order valence-corrected chi connectivity index (χ1v) is 15.4. The number of hydrogen-bond donors (Lipinski definition) is 1. The van der Waals surface area contributed by atoms with Crippen LogP contribution in [0.3, 0.4) is 0 Å². The highest BCUT2D eigenvalue weighted by Gasteiger charge is 2.39. The highest BCUT2D eigenvalue weighted by molar-refractivity contribution is 6.04. The van der Waals surface area contributed by atoms with Crippen molar-refractivity contribution in [3.63, 3.8) is 0 Å². The van der Waals surface area contributed by atoms with Crippen molar-refractivity contribution >= 4 is 38.8 Å². The number of rotatable bonds is 5. The molecule has 2 saturated heterocycles. The lowest BCUT2D eigenvalue weighted by Crippen LogP contribution is -2.40. The normalized spacial score (nSPS) is 22.5. The zero-order valence-electron chi connectivity index (χ0n) is 25.6. The van der Waals surface area contributed by atoms with Gasteiger partial charge in [0.2, 0.25) is 5.69 Å². The quantitative estimate of drug-likeness (QED) is 0.255. The number of halogens is 1. The van der Waals surface area contributed by atoms with Crippen LogP contribution in [0.15, 0.2) is 46.9 Å². The Kier molecular flexibility index (Phi) is 7.31. The molecule has 10 heteroatoms. The standard InChI is InChI=1S/C34H36FN8O/c1-19-16-26-31(30(35)28(19)29-20(2)38-18-22-8-5-6-9-25(22)29)39-34(44-21(3)27-10-7-15-42(27)4)32-33(26)43(41-40-32)24-12-14-37-23(17-24)11-13-36/h5-6,8-9,16,18,21,23,27,37H,7,10-12,14-15,17H2,1-4H3/q+1/b43-24-/t21-,23+,27-/m0/s1. The van der Waals surface area contributed by atoms with Crippen molar-refractivity contribution in [2.45, 2.75) is 71.1 Å². The first-order chi connectivity index (χ1) is 21.4. The number of pyridine rings is 2. The highest BCUT2D eigenvalue weighted by atomic mass is 19.1. The Bertz CT molecular complexity index is 1910. The first-order valence-electron chi connectivity index (χ1n) is 15.4. The molecule has 5 heterocycles. The van der Waals surface area contributed by atoms with Crippen molar-refractivity contribution in [3.8, 4) is 23.1 Å². The van der Waals surface area contributed by atoms with Crippen molar-refractivity contribution in [1.29, 1.82) is 5.26 Å². The van der Waals surface area contributed by atoms with Crippen LogP contribution in [0.5, 0.6) is 5.88 Å². The fourth-order valence-corrected chi connectivity index (χ4v) is 7.18. The molecule has 224 valence electrons. The Morgan fingerprint density at radius 2 is 2.07 bits per heavy atom. The second kappa shape index (κ2) is 11.3. The summed E-state index contributed by atoms with van der Waals surface area (Å²) in [6.07, 6.45) is 5.57. The minimum absolute atomic E-state index is 0.0247. The molecule has 0 unspecified atom stereocenters. The molecule has 44 heavy (non-hydrogen) atoms. The van der Waals surface area contributed by atoms with Gasteiger partial charge in [0.1, 0.15) is 22.6 Å². The van der Waals surface area contributed by atoms with Crippen LogP contribution in [-0.2, 0) is 0 Å². The van der Waals surface area contributed by atoms with Crippen molar-refractivity contribution in [2.24, 2.45) is 10.3 Å². The number of piperidine rings is 1. The molecule has 2 aromatic carbocycles. The molecule has 1 N–H and O–H groups in total. The van der Waals surface area contributed by atoms with Crippen molar-refractivity contribution in [1.82, 2.24) is 20.2 Å². The maximum absolute atomic E-state index is 17.1. The number of aryl methyl sites for hydroxylation is 2. The summed E-state index contributed by atoms with van der Waals surface area (Å²) >= 11 is 0. The van der Waals surface area contributed by atoms with Gasteiger partial charge in [-0.1, -0.05) is 28.9 Å². The molecule has 0 amide bonds. The smallest absolute Gasteiger partial charge is 0.314 e. The monoisotopic (exact) mass is 591 g/mol. The molecule has 0 spiro atoms. The number of likely N-dealkylation sites (N-methyl/N-ethyl adjacent to an activating group) is 1. The average molecular weight is 592 g/mol. The van der Waals surface area contributed by atoms with E-state index < -0.39 is 5.82 Å². The van der Waals surface area contributed by atoms with Crippen LogP contribution in [0.1, 0.15) is 50.3 Å². The van der Waals surface area contributed by atoms with Crippen molar-refractivity contribution < 1.29 is 13.8 Å². The van der Waals surface area contributed by atoms with Gasteiger partial charge in [0, 0.05) is 59.9 Å². The second-order valence-electron chi connectivity index (χ2n) is 12.2. The van der Waals surface area contributed by atoms with Crippen molar-refractivity contribution in [3.05, 3.63) is 53.6 Å². The third kappa shape index (κ3) is 4.71. The van der Waals surface area contributed by atoms with E-state index in [1.807, 2.05) is 62.0 Å². The SMILES string of the molecule is Cc1cc2c3c(c(O[C@@H](C)[C@@H]4CCCN4C)nc2c(F)c1-c1c(C)ncc2ccccc12)N=N/[N+]3=C1/CCN[C@H](CC#N)C1. The fraction of sp³-hybridized carbons (Fsp3) is 0.412. The Labute approximate surface area is 256 Å². The van der Waals surface area contributed by atoms with Crippen LogP contribution in [-0.4, -0.2) is 63.6 Å². The summed E-state index contributed by atoms with van der Waals surface area (Å²) < 4.78 is 25.5. The van der Waals surface area contributed by atoms with Crippen LogP contribution >= 0.6 is 0 Å². The number of aromatic nitrogens is 2. The third-order valence-electron chi connectivity index (χ3n) is 9.40. The molecule has 4 aromatic rings. The summed E-state index contributed by atoms with van der Waals surface area (Å²) in [7, 11) is 2.11. The van der Waals surface area contributed by atoms with Crippen molar-refractivity contribution in [2.75, 3.05) is 20.1 Å². The number of ether oxygens (including phenoxy) is 1. The number of fused-ring (bicyclic) bond motifs is 4. The van der Waals surface area contributed by atoms with Crippen LogP contribution in [0, 0.1) is 31.0 Å². The minimum atomic E-state index is -0.413. The maximum atomic E-state index is 17.1. The fourth-order valence-electron chi connectivity index (χ4n) is 7.18. The molecular weight excluding hydrogens is 555 g/mol. The van der Waals surface area contributed by atoms with E-state index in [0.717, 1.165) is 65.7 Å². The van der Waals surface area contributed by atoms with E-state index in [0.29, 0.717) is 35.2 Å². The van der Waals surface area contributed by atoms with Crippen LogP contribution in [0.2, 0.25) is 0 Å². The number of hydrogen-bond acceptors (Lipinski definition) is 8. The third-order valence-corrected chi connectivity index (χ3v) is 9.40. The number of nitriles is 1. The number of nitrogens with one attached hydrogen (secondary N) is 1. The summed E-state index contributed by atoms with van der Waals surface area (Å²) in [5.74, 6) is -0.125.